The summed E-state index contributed by atoms with van der Waals surface area (Å²) in [5.74, 6) is 2.66. The minimum Gasteiger partial charge on any atom is -0.367 e. The molecule has 1 amide bonds. The predicted octanol–water partition coefficient (Wildman–Crippen LogP) is 5.17. The molecular weight excluding hydrogens is 396 g/mol. The molecule has 1 aliphatic rings. The van der Waals surface area contributed by atoms with Gasteiger partial charge in [0.2, 0.25) is 0 Å². The fourth-order valence-electron chi connectivity index (χ4n) is 3.08. The molecule has 1 aromatic heterocycles. The summed E-state index contributed by atoms with van der Waals surface area (Å²) in [5.41, 5.74) is 3.88. The number of halogens is 1. The minimum absolute atomic E-state index is 0.179. The first-order valence-corrected chi connectivity index (χ1v) is 9.86. The predicted molar refractivity (Wildman–Crippen MR) is 121 cm³/mol. The summed E-state index contributed by atoms with van der Waals surface area (Å²) < 4.78 is 0. The van der Waals surface area contributed by atoms with Crippen LogP contribution in [0.4, 0.5) is 5.69 Å². The molecule has 148 valence electrons. The standard InChI is InChI=1S/C24H19ClN4O/c25-22-10-9-20(16-21(22)23-4-1-2-12-27-23)28-24(30)19-7-5-18(6-8-19)17-29-14-3-11-26-13-15-29/h1-10,12-13,15-16H,14,17H2,(H,28,30). The van der Waals surface area contributed by atoms with Crippen molar-refractivity contribution in [2.75, 3.05) is 11.9 Å². The van der Waals surface area contributed by atoms with Crippen LogP contribution in [0.5, 0.6) is 0 Å². The normalized spacial score (nSPS) is 12.6. The Hall–Kier alpha value is -3.66. The van der Waals surface area contributed by atoms with Gasteiger partial charge in [0.1, 0.15) is 0 Å². The Morgan fingerprint density at radius 1 is 1.13 bits per heavy atom. The van der Waals surface area contributed by atoms with E-state index in [-0.39, 0.29) is 5.91 Å². The van der Waals surface area contributed by atoms with Crippen molar-refractivity contribution in [1.82, 2.24) is 9.88 Å². The Bertz CT molecular complexity index is 1130. The molecule has 30 heavy (non-hydrogen) atoms. The summed E-state index contributed by atoms with van der Waals surface area (Å²) in [6.07, 6.45) is 7.24. The molecule has 0 unspecified atom stereocenters. The van der Waals surface area contributed by atoms with E-state index >= 15 is 0 Å². The van der Waals surface area contributed by atoms with Gasteiger partial charge in [-0.25, -0.2) is 4.99 Å². The minimum atomic E-state index is -0.179. The van der Waals surface area contributed by atoms with Crippen molar-refractivity contribution in [3.63, 3.8) is 0 Å². The number of pyridine rings is 1. The molecule has 0 bridgehead atoms. The summed E-state index contributed by atoms with van der Waals surface area (Å²) in [6.45, 7) is 1.48. The van der Waals surface area contributed by atoms with Gasteiger partial charge in [0.25, 0.3) is 5.91 Å². The average molecular weight is 415 g/mol. The van der Waals surface area contributed by atoms with Crippen molar-refractivity contribution in [2.45, 2.75) is 6.54 Å². The molecule has 0 atom stereocenters. The number of nitrogens with zero attached hydrogens (tertiary/aromatic N) is 3. The van der Waals surface area contributed by atoms with E-state index in [1.807, 2.05) is 60.8 Å². The van der Waals surface area contributed by atoms with Crippen LogP contribution in [-0.4, -0.2) is 28.2 Å². The number of hydrogen-bond donors (Lipinski definition) is 1. The van der Waals surface area contributed by atoms with Gasteiger partial charge in [-0.1, -0.05) is 29.8 Å². The fourth-order valence-corrected chi connectivity index (χ4v) is 3.29. The van der Waals surface area contributed by atoms with Crippen molar-refractivity contribution in [3.8, 4) is 11.3 Å². The van der Waals surface area contributed by atoms with E-state index in [2.05, 4.69) is 26.1 Å². The van der Waals surface area contributed by atoms with Crippen molar-refractivity contribution < 1.29 is 4.79 Å². The molecular formula is C24H19ClN4O. The summed E-state index contributed by atoms with van der Waals surface area (Å²) in [4.78, 5) is 23.1. The van der Waals surface area contributed by atoms with Gasteiger partial charge in [-0.3, -0.25) is 9.78 Å². The smallest absolute Gasteiger partial charge is 0.255 e. The molecule has 0 radical (unpaired) electrons. The molecule has 1 N–H and O–H groups in total. The second kappa shape index (κ2) is 9.23. The number of aromatic nitrogens is 1. The third-order valence-electron chi connectivity index (χ3n) is 4.61. The largest absolute Gasteiger partial charge is 0.367 e. The quantitative estimate of drug-likeness (QED) is 0.626. The van der Waals surface area contributed by atoms with Crippen LogP contribution in [0.15, 0.2) is 90.3 Å². The maximum Gasteiger partial charge on any atom is 0.255 e. The van der Waals surface area contributed by atoms with Crippen molar-refractivity contribution in [3.05, 3.63) is 101 Å². The molecule has 0 spiro atoms. The van der Waals surface area contributed by atoms with Gasteiger partial charge in [0.05, 0.1) is 16.9 Å². The third-order valence-corrected chi connectivity index (χ3v) is 4.94. The molecule has 4 rings (SSSR count). The van der Waals surface area contributed by atoms with E-state index < -0.39 is 0 Å². The zero-order valence-electron chi connectivity index (χ0n) is 16.1. The summed E-state index contributed by atoms with van der Waals surface area (Å²) in [6, 6.07) is 18.6. The monoisotopic (exact) mass is 414 g/mol. The molecule has 2 aromatic carbocycles. The lowest BCUT2D eigenvalue weighted by molar-refractivity contribution is 0.102. The number of aliphatic imine (C=N–C) groups is 1. The van der Waals surface area contributed by atoms with Crippen LogP contribution in [0.3, 0.4) is 0 Å². The second-order valence-corrected chi connectivity index (χ2v) is 7.16. The summed E-state index contributed by atoms with van der Waals surface area (Å²) in [7, 11) is 0. The van der Waals surface area contributed by atoms with Crippen LogP contribution >= 0.6 is 11.6 Å². The van der Waals surface area contributed by atoms with E-state index in [0.717, 1.165) is 29.9 Å². The Morgan fingerprint density at radius 2 is 2.00 bits per heavy atom. The number of rotatable bonds is 5. The second-order valence-electron chi connectivity index (χ2n) is 6.75. The van der Waals surface area contributed by atoms with Crippen LogP contribution in [-0.2, 0) is 6.54 Å². The maximum atomic E-state index is 12.7. The highest BCUT2D eigenvalue weighted by Gasteiger charge is 2.10. The van der Waals surface area contributed by atoms with Gasteiger partial charge in [0, 0.05) is 42.3 Å². The van der Waals surface area contributed by atoms with Gasteiger partial charge in [0.15, 0.2) is 0 Å². The van der Waals surface area contributed by atoms with E-state index in [4.69, 9.17) is 11.6 Å². The van der Waals surface area contributed by atoms with Crippen molar-refractivity contribution >= 4 is 29.1 Å². The molecule has 0 saturated heterocycles. The van der Waals surface area contributed by atoms with Gasteiger partial charge < -0.3 is 10.2 Å². The molecule has 0 saturated carbocycles. The van der Waals surface area contributed by atoms with E-state index in [1.54, 1.807) is 24.5 Å². The van der Waals surface area contributed by atoms with Crippen LogP contribution in [0.2, 0.25) is 5.02 Å². The van der Waals surface area contributed by atoms with Crippen molar-refractivity contribution in [2.24, 2.45) is 4.99 Å². The topological polar surface area (TPSA) is 57.6 Å². The van der Waals surface area contributed by atoms with Crippen LogP contribution in [0.25, 0.3) is 11.3 Å². The molecule has 2 heterocycles. The van der Waals surface area contributed by atoms with E-state index in [0.29, 0.717) is 16.3 Å². The Labute approximate surface area is 180 Å². The van der Waals surface area contributed by atoms with Crippen LogP contribution in [0.1, 0.15) is 15.9 Å². The lowest BCUT2D eigenvalue weighted by Crippen LogP contribution is -2.16. The zero-order chi connectivity index (χ0) is 20.8. The number of hydrogen-bond acceptors (Lipinski definition) is 4. The van der Waals surface area contributed by atoms with Crippen LogP contribution < -0.4 is 5.32 Å². The first-order valence-electron chi connectivity index (χ1n) is 9.48. The highest BCUT2D eigenvalue weighted by molar-refractivity contribution is 6.33. The number of nitrogens with one attached hydrogen (secondary N) is 1. The Morgan fingerprint density at radius 3 is 2.80 bits per heavy atom. The summed E-state index contributed by atoms with van der Waals surface area (Å²) >= 11 is 6.32. The first kappa shape index (κ1) is 19.6. The third kappa shape index (κ3) is 4.84. The lowest BCUT2D eigenvalue weighted by atomic mass is 10.1. The molecule has 3 aromatic rings. The van der Waals surface area contributed by atoms with Gasteiger partial charge >= 0.3 is 0 Å². The number of amides is 1. The zero-order valence-corrected chi connectivity index (χ0v) is 16.9. The van der Waals surface area contributed by atoms with E-state index in [9.17, 15) is 4.79 Å². The fraction of sp³-hybridized carbons (Fsp3) is 0.0833. The Balaban J connectivity index is 1.44. The highest BCUT2D eigenvalue weighted by atomic mass is 35.5. The number of benzene rings is 2. The van der Waals surface area contributed by atoms with Gasteiger partial charge in [-0.05, 0) is 60.0 Å². The van der Waals surface area contributed by atoms with Gasteiger partial charge in [-0.15, -0.1) is 0 Å². The van der Waals surface area contributed by atoms with Crippen LogP contribution in [0, 0.1) is 0 Å². The number of carbonyl (C=O) groups excluding carboxylic acids is 1. The molecule has 0 fully saturated rings. The maximum absolute atomic E-state index is 12.7. The first-order chi connectivity index (χ1) is 14.7. The Kier molecular flexibility index (Phi) is 6.04. The lowest BCUT2D eigenvalue weighted by Gasteiger charge is -2.17. The number of anilines is 1. The molecule has 0 aliphatic carbocycles. The molecule has 6 heteroatoms. The van der Waals surface area contributed by atoms with Gasteiger partial charge in [-0.2, -0.15) is 0 Å². The SMILES string of the molecule is O=C(Nc1ccc(Cl)c(-c2ccccn2)c1)c1ccc(CN2C=CN=C=CC2)cc1. The molecule has 1 aliphatic heterocycles. The highest BCUT2D eigenvalue weighted by Crippen LogP contribution is 2.29. The average Bonchev–Trinajstić information content (AvgIpc) is 3.05. The van der Waals surface area contributed by atoms with E-state index in [1.165, 1.54) is 0 Å². The molecule has 5 nitrogen and oxygen atoms in total. The number of carbonyl (C=O) groups is 1. The van der Waals surface area contributed by atoms with Crippen molar-refractivity contribution in [1.29, 1.82) is 0 Å². The summed E-state index contributed by atoms with van der Waals surface area (Å²) in [5, 5.41) is 3.51.